The summed E-state index contributed by atoms with van der Waals surface area (Å²) < 4.78 is 10.8. The molecule has 2 aromatic rings. The molecule has 0 saturated heterocycles. The molecule has 1 N–H and O–H groups in total. The van der Waals surface area contributed by atoms with E-state index >= 15 is 0 Å². The molecule has 0 atom stereocenters. The molecular weight excluding hydrogens is 512 g/mol. The minimum absolute atomic E-state index is 0.0846. The van der Waals surface area contributed by atoms with Crippen molar-refractivity contribution >= 4 is 24.2 Å². The molecule has 0 unspecified atom stereocenters. The van der Waals surface area contributed by atoms with Crippen molar-refractivity contribution in [2.45, 2.75) is 110 Å². The molecule has 2 aromatic carbocycles. The summed E-state index contributed by atoms with van der Waals surface area (Å²) in [5.74, 6) is 0.127. The van der Waals surface area contributed by atoms with Gasteiger partial charge in [0.15, 0.2) is 11.5 Å². The number of carbonyl (C=O) groups excluding carboxylic acids is 2. The van der Waals surface area contributed by atoms with Crippen LogP contribution in [0.3, 0.4) is 0 Å². The predicted molar refractivity (Wildman–Crippen MR) is 169 cm³/mol. The molecule has 0 bridgehead atoms. The monoisotopic (exact) mass is 562 g/mol. The van der Waals surface area contributed by atoms with Gasteiger partial charge < -0.3 is 9.47 Å². The first-order valence-corrected chi connectivity index (χ1v) is 15.6. The lowest BCUT2D eigenvalue weighted by Gasteiger charge is -2.08. The number of esters is 1. The third-order valence-electron chi connectivity index (χ3n) is 7.02. The number of methoxy groups -OCH3 is 1. The number of unbranched alkanes of at least 4 members (excludes halogenated alkanes) is 14. The molecule has 1 amide bonds. The third-order valence-corrected chi connectivity index (χ3v) is 7.02. The Morgan fingerprint density at radius 1 is 0.732 bits per heavy atom. The molecule has 0 aliphatic heterocycles. The first-order chi connectivity index (χ1) is 20.1. The third kappa shape index (κ3) is 16.4. The van der Waals surface area contributed by atoms with Crippen molar-refractivity contribution in [3.05, 3.63) is 65.7 Å². The minimum Gasteiger partial charge on any atom is -0.493 e. The maximum atomic E-state index is 12.2. The van der Waals surface area contributed by atoms with E-state index < -0.39 is 5.97 Å². The van der Waals surface area contributed by atoms with E-state index in [-0.39, 0.29) is 5.91 Å². The van der Waals surface area contributed by atoms with Gasteiger partial charge in [-0.3, -0.25) is 4.79 Å². The largest absolute Gasteiger partial charge is 0.493 e. The molecule has 6 nitrogen and oxygen atoms in total. The maximum absolute atomic E-state index is 12.2. The van der Waals surface area contributed by atoms with Gasteiger partial charge in [-0.1, -0.05) is 127 Å². The molecule has 41 heavy (non-hydrogen) atoms. The van der Waals surface area contributed by atoms with Crippen LogP contribution in [0.2, 0.25) is 0 Å². The fourth-order valence-electron chi connectivity index (χ4n) is 4.61. The lowest BCUT2D eigenvalue weighted by atomic mass is 10.0. The lowest BCUT2D eigenvalue weighted by molar-refractivity contribution is -0.129. The van der Waals surface area contributed by atoms with Gasteiger partial charge >= 0.3 is 5.97 Å². The fourth-order valence-corrected chi connectivity index (χ4v) is 4.61. The molecule has 2 rings (SSSR count). The summed E-state index contributed by atoms with van der Waals surface area (Å²) in [4.78, 5) is 24.3. The number of benzene rings is 2. The molecule has 0 spiro atoms. The zero-order valence-corrected chi connectivity index (χ0v) is 25.2. The maximum Gasteiger partial charge on any atom is 0.336 e. The van der Waals surface area contributed by atoms with Crippen LogP contribution in [0.4, 0.5) is 0 Å². The highest BCUT2D eigenvalue weighted by atomic mass is 16.6. The van der Waals surface area contributed by atoms with Crippen molar-refractivity contribution in [2.24, 2.45) is 5.10 Å². The molecule has 0 aliphatic rings. The molecule has 224 valence electrons. The van der Waals surface area contributed by atoms with Gasteiger partial charge in [0, 0.05) is 12.5 Å². The van der Waals surface area contributed by atoms with Gasteiger partial charge in [-0.25, -0.2) is 10.2 Å². The number of hydrazone groups is 1. The van der Waals surface area contributed by atoms with Crippen LogP contribution in [-0.4, -0.2) is 25.2 Å². The topological polar surface area (TPSA) is 77.0 Å². The Balaban J connectivity index is 1.54. The van der Waals surface area contributed by atoms with Crippen LogP contribution in [0.25, 0.3) is 6.08 Å². The summed E-state index contributed by atoms with van der Waals surface area (Å²) in [7, 11) is 1.51. The van der Waals surface area contributed by atoms with E-state index in [4.69, 9.17) is 9.47 Å². The summed E-state index contributed by atoms with van der Waals surface area (Å²) in [5, 5.41) is 4.06. The second kappa shape index (κ2) is 22.3. The first kappa shape index (κ1) is 33.8. The summed E-state index contributed by atoms with van der Waals surface area (Å²) in [6.07, 6.45) is 24.6. The fraction of sp³-hybridized carbons (Fsp3) is 0.514. The van der Waals surface area contributed by atoms with Crippen molar-refractivity contribution in [1.29, 1.82) is 0 Å². The molecule has 0 radical (unpaired) electrons. The highest BCUT2D eigenvalue weighted by Gasteiger charge is 2.09. The predicted octanol–water partition coefficient (Wildman–Crippen LogP) is 9.03. The summed E-state index contributed by atoms with van der Waals surface area (Å²) in [5.41, 5.74) is 4.22. The number of carbonyl (C=O) groups is 2. The molecule has 0 aromatic heterocycles. The first-order valence-electron chi connectivity index (χ1n) is 15.6. The van der Waals surface area contributed by atoms with E-state index in [0.717, 1.165) is 18.4 Å². The van der Waals surface area contributed by atoms with Crippen LogP contribution in [0.1, 0.15) is 121 Å². The summed E-state index contributed by atoms with van der Waals surface area (Å²) in [6.45, 7) is 2.27. The second-order valence-corrected chi connectivity index (χ2v) is 10.6. The van der Waals surface area contributed by atoms with E-state index in [1.165, 1.54) is 96.7 Å². The van der Waals surface area contributed by atoms with Gasteiger partial charge in [0.2, 0.25) is 5.91 Å². The zero-order valence-electron chi connectivity index (χ0n) is 25.2. The highest BCUT2D eigenvalue weighted by Crippen LogP contribution is 2.28. The van der Waals surface area contributed by atoms with Crippen molar-refractivity contribution in [1.82, 2.24) is 5.43 Å². The van der Waals surface area contributed by atoms with E-state index in [1.807, 2.05) is 30.3 Å². The zero-order chi connectivity index (χ0) is 29.4. The average Bonchev–Trinajstić information content (AvgIpc) is 2.99. The highest BCUT2D eigenvalue weighted by molar-refractivity contribution is 5.89. The smallest absolute Gasteiger partial charge is 0.336 e. The Morgan fingerprint density at radius 3 is 1.90 bits per heavy atom. The number of rotatable bonds is 22. The SMILES string of the molecule is CCCCCCCCCCCCCCCCCC(=O)N/N=C/c1ccc(OC(=O)/C=C/c2ccccc2)c(OC)c1. The van der Waals surface area contributed by atoms with Gasteiger partial charge in [-0.05, 0) is 41.8 Å². The number of nitrogens with zero attached hydrogens (tertiary/aromatic N) is 1. The number of hydrogen-bond acceptors (Lipinski definition) is 5. The van der Waals surface area contributed by atoms with E-state index in [9.17, 15) is 9.59 Å². The van der Waals surface area contributed by atoms with Crippen LogP contribution >= 0.6 is 0 Å². The van der Waals surface area contributed by atoms with Gasteiger partial charge in [0.1, 0.15) is 0 Å². The van der Waals surface area contributed by atoms with Crippen molar-refractivity contribution < 1.29 is 19.1 Å². The number of amides is 1. The van der Waals surface area contributed by atoms with E-state index in [2.05, 4.69) is 17.5 Å². The van der Waals surface area contributed by atoms with Gasteiger partial charge in [0.25, 0.3) is 0 Å². The van der Waals surface area contributed by atoms with Gasteiger partial charge in [-0.2, -0.15) is 5.10 Å². The van der Waals surface area contributed by atoms with Crippen molar-refractivity contribution in [3.63, 3.8) is 0 Å². The average molecular weight is 563 g/mol. The summed E-state index contributed by atoms with van der Waals surface area (Å²) in [6, 6.07) is 14.6. The Bertz CT molecular complexity index is 1050. The Labute approximate surface area is 247 Å². The van der Waals surface area contributed by atoms with Gasteiger partial charge in [0.05, 0.1) is 13.3 Å². The number of nitrogens with one attached hydrogen (secondary N) is 1. The standard InChI is InChI=1S/C35H50N2O4/c1-3-4-5-6-7-8-9-10-11-12-13-14-15-16-20-23-34(38)37-36-29-31-24-26-32(33(28-31)40-2)41-35(39)27-25-30-21-18-17-19-22-30/h17-19,21-22,24-29H,3-16,20,23H2,1-2H3,(H,37,38)/b27-25+,36-29+. The Hall–Kier alpha value is -3.41. The molecule has 0 heterocycles. The van der Waals surface area contributed by atoms with Crippen LogP contribution in [0.15, 0.2) is 59.7 Å². The normalized spacial score (nSPS) is 11.3. The molecule has 0 fully saturated rings. The van der Waals surface area contributed by atoms with E-state index in [1.54, 1.807) is 30.5 Å². The van der Waals surface area contributed by atoms with Crippen LogP contribution < -0.4 is 14.9 Å². The van der Waals surface area contributed by atoms with E-state index in [0.29, 0.717) is 23.5 Å². The summed E-state index contributed by atoms with van der Waals surface area (Å²) >= 11 is 0. The second-order valence-electron chi connectivity index (χ2n) is 10.6. The van der Waals surface area contributed by atoms with Gasteiger partial charge in [-0.15, -0.1) is 0 Å². The minimum atomic E-state index is -0.500. The van der Waals surface area contributed by atoms with Crippen molar-refractivity contribution in [3.8, 4) is 11.5 Å². The quantitative estimate of drug-likeness (QED) is 0.0388. The lowest BCUT2D eigenvalue weighted by Crippen LogP contribution is -2.16. The molecular formula is C35H50N2O4. The number of hydrogen-bond donors (Lipinski definition) is 1. The van der Waals surface area contributed by atoms with Crippen LogP contribution in [0, 0.1) is 0 Å². The van der Waals surface area contributed by atoms with Crippen LogP contribution in [-0.2, 0) is 9.59 Å². The molecule has 0 saturated carbocycles. The van der Waals surface area contributed by atoms with Crippen LogP contribution in [0.5, 0.6) is 11.5 Å². The Kier molecular flexibility index (Phi) is 18.4. The number of ether oxygens (including phenoxy) is 2. The Morgan fingerprint density at radius 2 is 1.32 bits per heavy atom. The van der Waals surface area contributed by atoms with Crippen molar-refractivity contribution in [2.75, 3.05) is 7.11 Å². The molecule has 0 aliphatic carbocycles. The molecule has 6 heteroatoms.